The van der Waals surface area contributed by atoms with Gasteiger partial charge in [-0.05, 0) is 41.1 Å². The molecule has 0 saturated carbocycles. The quantitative estimate of drug-likeness (QED) is 0.434. The van der Waals surface area contributed by atoms with E-state index in [1.165, 1.54) is 19.2 Å². The maximum absolute atomic E-state index is 15.2. The van der Waals surface area contributed by atoms with E-state index < -0.39 is 17.6 Å². The SMILES string of the molecule is C=c1cc(OC)c(OCc2ccccc2)c/c1=c1/c(=C\N)n(C(=O)OC)c(=O)n1-c1ccc(C#N)cc1F. The van der Waals surface area contributed by atoms with Crippen LogP contribution in [-0.2, 0) is 11.3 Å². The smallest absolute Gasteiger partial charge is 0.422 e. The summed E-state index contributed by atoms with van der Waals surface area (Å²) in [6, 6.07) is 18.1. The van der Waals surface area contributed by atoms with Gasteiger partial charge in [0.25, 0.3) is 0 Å². The van der Waals surface area contributed by atoms with Crippen molar-refractivity contribution in [3.63, 3.8) is 0 Å². The van der Waals surface area contributed by atoms with Crippen LogP contribution in [0.5, 0.6) is 11.5 Å². The molecule has 1 aromatic heterocycles. The minimum atomic E-state index is -1.03. The van der Waals surface area contributed by atoms with Crippen LogP contribution in [0.2, 0.25) is 0 Å². The zero-order valence-electron chi connectivity index (χ0n) is 20.6. The number of methoxy groups -OCH3 is 2. The second kappa shape index (κ2) is 10.8. The first-order chi connectivity index (χ1) is 18.3. The molecule has 38 heavy (non-hydrogen) atoms. The molecule has 4 aromatic rings. The van der Waals surface area contributed by atoms with E-state index in [0.717, 1.165) is 29.5 Å². The van der Waals surface area contributed by atoms with Crippen molar-refractivity contribution in [2.45, 2.75) is 6.61 Å². The number of ether oxygens (including phenoxy) is 3. The van der Waals surface area contributed by atoms with Gasteiger partial charge in [-0.2, -0.15) is 9.83 Å². The van der Waals surface area contributed by atoms with Gasteiger partial charge in [0.1, 0.15) is 12.4 Å². The van der Waals surface area contributed by atoms with Crippen LogP contribution in [0.3, 0.4) is 0 Å². The van der Waals surface area contributed by atoms with Gasteiger partial charge in [-0.15, -0.1) is 0 Å². The Kier molecular flexibility index (Phi) is 7.30. The summed E-state index contributed by atoms with van der Waals surface area (Å²) in [5, 5.41) is 9.83. The fourth-order valence-electron chi connectivity index (χ4n) is 4.01. The number of hydrogen-bond acceptors (Lipinski definition) is 7. The van der Waals surface area contributed by atoms with Gasteiger partial charge < -0.3 is 19.9 Å². The number of imidazole rings is 1. The third-order valence-corrected chi connectivity index (χ3v) is 5.80. The molecule has 0 radical (unpaired) electrons. The number of nitrogens with zero attached hydrogens (tertiary/aromatic N) is 3. The highest BCUT2D eigenvalue weighted by molar-refractivity contribution is 5.70. The Morgan fingerprint density at radius 3 is 2.47 bits per heavy atom. The lowest BCUT2D eigenvalue weighted by Crippen LogP contribution is -2.35. The van der Waals surface area contributed by atoms with Crippen LogP contribution in [-0.4, -0.2) is 29.4 Å². The molecule has 0 atom stereocenters. The number of carbonyl (C=O) groups is 1. The summed E-state index contributed by atoms with van der Waals surface area (Å²) in [6.07, 6.45) is 0.0142. The molecule has 3 aromatic carbocycles. The third-order valence-electron chi connectivity index (χ3n) is 5.80. The minimum Gasteiger partial charge on any atom is -0.493 e. The molecule has 4 rings (SSSR count). The molecular weight excluding hydrogens is 491 g/mol. The highest BCUT2D eigenvalue weighted by Gasteiger charge is 2.21. The molecule has 0 aliphatic rings. The number of aromatic nitrogens is 2. The summed E-state index contributed by atoms with van der Waals surface area (Å²) in [6.45, 7) is 4.27. The lowest BCUT2D eigenvalue weighted by atomic mass is 10.2. The van der Waals surface area contributed by atoms with E-state index in [9.17, 15) is 9.59 Å². The van der Waals surface area contributed by atoms with Gasteiger partial charge in [-0.1, -0.05) is 36.9 Å². The number of nitriles is 1. The highest BCUT2D eigenvalue weighted by atomic mass is 19.1. The molecule has 10 heteroatoms. The second-order valence-corrected chi connectivity index (χ2v) is 8.04. The first kappa shape index (κ1) is 25.8. The average Bonchev–Trinajstić information content (AvgIpc) is 3.23. The summed E-state index contributed by atoms with van der Waals surface area (Å²) in [7, 11) is 2.57. The summed E-state index contributed by atoms with van der Waals surface area (Å²) in [5.74, 6) is -0.177. The van der Waals surface area contributed by atoms with Crippen molar-refractivity contribution >= 4 is 18.9 Å². The van der Waals surface area contributed by atoms with Gasteiger partial charge in [0.05, 0.1) is 42.2 Å². The average molecular weight is 515 g/mol. The Hall–Kier alpha value is -5.30. The molecule has 0 bridgehead atoms. The Balaban J connectivity index is 2.15. The van der Waals surface area contributed by atoms with Gasteiger partial charge in [-0.25, -0.2) is 14.0 Å². The van der Waals surface area contributed by atoms with Crippen molar-refractivity contribution in [3.8, 4) is 23.3 Å². The van der Waals surface area contributed by atoms with Crippen LogP contribution in [0, 0.1) is 27.7 Å². The molecule has 1 heterocycles. The molecule has 9 nitrogen and oxygen atoms in total. The molecule has 0 fully saturated rings. The van der Waals surface area contributed by atoms with Crippen LogP contribution >= 0.6 is 0 Å². The van der Waals surface area contributed by atoms with E-state index in [0.29, 0.717) is 26.5 Å². The number of carbonyl (C=O) groups excluding carboxylic acids is 1. The summed E-state index contributed by atoms with van der Waals surface area (Å²) < 4.78 is 33.1. The van der Waals surface area contributed by atoms with Gasteiger partial charge in [0, 0.05) is 11.4 Å². The van der Waals surface area contributed by atoms with Crippen molar-refractivity contribution in [3.05, 3.63) is 109 Å². The maximum Gasteiger partial charge on any atom is 0.422 e. The molecule has 192 valence electrons. The molecule has 0 unspecified atom stereocenters. The number of benzene rings is 3. The monoisotopic (exact) mass is 514 g/mol. The Morgan fingerprint density at radius 1 is 1.13 bits per heavy atom. The lowest BCUT2D eigenvalue weighted by Gasteiger charge is -2.11. The van der Waals surface area contributed by atoms with Crippen molar-refractivity contribution in [2.24, 2.45) is 5.73 Å². The predicted molar refractivity (Wildman–Crippen MR) is 137 cm³/mol. The molecular formula is C28H23FN4O5. The van der Waals surface area contributed by atoms with Crippen molar-refractivity contribution in [2.75, 3.05) is 14.2 Å². The van der Waals surface area contributed by atoms with E-state index in [-0.39, 0.29) is 28.6 Å². The first-order valence-electron chi connectivity index (χ1n) is 11.3. The summed E-state index contributed by atoms with van der Waals surface area (Å²) in [5.41, 5.74) is 5.69. The predicted octanol–water partition coefficient (Wildman–Crippen LogP) is 2.25. The lowest BCUT2D eigenvalue weighted by molar-refractivity contribution is 0.171. The number of hydrogen-bond donors (Lipinski definition) is 1. The normalized spacial score (nSPS) is 12.1. The Bertz CT molecular complexity index is 1840. The molecule has 0 aliphatic heterocycles. The molecule has 0 amide bonds. The van der Waals surface area contributed by atoms with Gasteiger partial charge in [0.15, 0.2) is 11.5 Å². The molecule has 0 aliphatic carbocycles. The molecule has 0 saturated heterocycles. The maximum atomic E-state index is 15.2. The van der Waals surface area contributed by atoms with Crippen LogP contribution in [0.25, 0.3) is 18.5 Å². The third kappa shape index (κ3) is 4.60. The van der Waals surface area contributed by atoms with E-state index in [4.69, 9.17) is 25.2 Å². The standard InChI is InChI=1S/C28H23FN4O5/c1-17-11-24(36-2)25(38-16-18-7-5-4-6-8-18)13-20(17)26-23(15-31)33(28(35)37-3)27(34)32(26)22-10-9-19(14-30)12-21(22)29/h4-13,15H,1,16,31H2,2-3H3/b23-15+,26-20+. The summed E-state index contributed by atoms with van der Waals surface area (Å²) in [4.78, 5) is 26.1. The van der Waals surface area contributed by atoms with Crippen LogP contribution in [0.15, 0.2) is 65.5 Å². The number of nitrogens with two attached hydrogens (primary N) is 1. The van der Waals surface area contributed by atoms with Crippen molar-refractivity contribution in [1.82, 2.24) is 9.13 Å². The van der Waals surface area contributed by atoms with Crippen LogP contribution in [0.1, 0.15) is 11.1 Å². The molecule has 0 spiro atoms. The van der Waals surface area contributed by atoms with Gasteiger partial charge in [0.2, 0.25) is 0 Å². The second-order valence-electron chi connectivity index (χ2n) is 8.04. The van der Waals surface area contributed by atoms with E-state index in [1.54, 1.807) is 12.1 Å². The van der Waals surface area contributed by atoms with Crippen molar-refractivity contribution < 1.29 is 23.4 Å². The first-order valence-corrected chi connectivity index (χ1v) is 11.3. The number of halogens is 1. The summed E-state index contributed by atoms with van der Waals surface area (Å²) >= 11 is 0. The largest absolute Gasteiger partial charge is 0.493 e. The zero-order valence-corrected chi connectivity index (χ0v) is 20.6. The fourth-order valence-corrected chi connectivity index (χ4v) is 4.01. The van der Waals surface area contributed by atoms with E-state index in [1.807, 2.05) is 36.4 Å². The minimum absolute atomic E-state index is 0.0535. The zero-order chi connectivity index (χ0) is 27.4. The molecule has 2 N–H and O–H groups in total. The Morgan fingerprint density at radius 2 is 1.87 bits per heavy atom. The van der Waals surface area contributed by atoms with E-state index >= 15 is 4.39 Å². The van der Waals surface area contributed by atoms with Gasteiger partial charge >= 0.3 is 11.8 Å². The highest BCUT2D eigenvalue weighted by Crippen LogP contribution is 2.26. The van der Waals surface area contributed by atoms with Gasteiger partial charge in [-0.3, -0.25) is 4.57 Å². The van der Waals surface area contributed by atoms with Crippen LogP contribution in [0.4, 0.5) is 9.18 Å². The van der Waals surface area contributed by atoms with Crippen molar-refractivity contribution in [1.29, 1.82) is 5.26 Å². The van der Waals surface area contributed by atoms with E-state index in [2.05, 4.69) is 6.58 Å². The fraction of sp³-hybridized carbons (Fsp3) is 0.107. The Labute approximate surface area is 215 Å². The number of rotatable bonds is 5. The van der Waals surface area contributed by atoms with Crippen LogP contribution < -0.4 is 31.5 Å². The topological polar surface area (TPSA) is 122 Å².